The van der Waals surface area contributed by atoms with Crippen molar-refractivity contribution >= 4 is 27.9 Å². The zero-order chi connectivity index (χ0) is 23.4. The van der Waals surface area contributed by atoms with Gasteiger partial charge >= 0.3 is 0 Å². The van der Waals surface area contributed by atoms with Gasteiger partial charge in [0.15, 0.2) is 10.7 Å². The summed E-state index contributed by atoms with van der Waals surface area (Å²) in [6, 6.07) is 15.5. The molecule has 0 radical (unpaired) electrons. The maximum atomic E-state index is 6.01. The Morgan fingerprint density at radius 3 is 1.97 bits per heavy atom. The third-order valence-corrected chi connectivity index (χ3v) is 6.70. The highest BCUT2D eigenvalue weighted by Crippen LogP contribution is 2.30. The van der Waals surface area contributed by atoms with E-state index in [4.69, 9.17) is 16.7 Å². The number of benzene rings is 2. The van der Waals surface area contributed by atoms with E-state index >= 15 is 0 Å². The van der Waals surface area contributed by atoms with Crippen LogP contribution >= 0.6 is 22.9 Å². The topological polar surface area (TPSA) is 104 Å². The van der Waals surface area contributed by atoms with Crippen molar-refractivity contribution in [3.63, 3.8) is 0 Å². The van der Waals surface area contributed by atoms with Crippen LogP contribution < -0.4 is 0 Å². The van der Waals surface area contributed by atoms with E-state index in [1.54, 1.807) is 13.9 Å². The van der Waals surface area contributed by atoms with Gasteiger partial charge in [-0.1, -0.05) is 51.1 Å². The molecule has 0 aliphatic carbocycles. The van der Waals surface area contributed by atoms with Crippen LogP contribution in [-0.2, 0) is 0 Å². The summed E-state index contributed by atoms with van der Waals surface area (Å²) in [5.74, 6) is 0.524. The molecule has 0 amide bonds. The van der Waals surface area contributed by atoms with Gasteiger partial charge in [0.05, 0.1) is 22.8 Å². The van der Waals surface area contributed by atoms with E-state index in [0.717, 1.165) is 22.8 Å². The first-order chi connectivity index (χ1) is 16.5. The predicted octanol–water partition coefficient (Wildman–Crippen LogP) is 4.26. The molecular weight excluding hydrogens is 472 g/mol. The highest BCUT2D eigenvalue weighted by Gasteiger charge is 2.23. The lowest BCUT2D eigenvalue weighted by Crippen LogP contribution is -1.99. The Labute approximate surface area is 202 Å². The number of aromatic nitrogens is 10. The normalized spacial score (nSPS) is 11.5. The van der Waals surface area contributed by atoms with Crippen LogP contribution in [-0.4, -0.2) is 49.8 Å². The van der Waals surface area contributed by atoms with Crippen molar-refractivity contribution in [3.05, 3.63) is 70.5 Å². The summed E-state index contributed by atoms with van der Waals surface area (Å²) in [6.45, 7) is 5.95. The van der Waals surface area contributed by atoms with Crippen LogP contribution in [0.4, 0.5) is 0 Å². The molecule has 0 aliphatic heterocycles. The molecule has 6 rings (SSSR count). The number of halogens is 1. The molecule has 0 saturated heterocycles. The first-order valence-electron chi connectivity index (χ1n) is 10.4. The zero-order valence-electron chi connectivity index (χ0n) is 18.4. The highest BCUT2D eigenvalue weighted by molar-refractivity contribution is 7.19. The summed E-state index contributed by atoms with van der Waals surface area (Å²) in [7, 11) is 0. The molecule has 10 nitrogen and oxygen atoms in total. The predicted molar refractivity (Wildman–Crippen MR) is 129 cm³/mol. The fourth-order valence-electron chi connectivity index (χ4n) is 3.68. The van der Waals surface area contributed by atoms with Gasteiger partial charge in [0.1, 0.15) is 5.69 Å². The minimum Gasteiger partial charge on any atom is -0.217 e. The second-order valence-corrected chi connectivity index (χ2v) is 9.20. The van der Waals surface area contributed by atoms with Crippen molar-refractivity contribution in [2.45, 2.75) is 20.8 Å². The standard InChI is InChI=1S/C22H17ClN10S/c1-12-4-8-16(9-5-12)31-13(2)18(24-29-31)20-26-27-22-33(20)28-21(34-22)19-14(3)32(30-25-19)17-10-6-15(23)7-11-17/h4-11H,1-3H3. The minimum absolute atomic E-state index is 0.524. The van der Waals surface area contributed by atoms with Gasteiger partial charge in [-0.25, -0.2) is 9.36 Å². The average Bonchev–Trinajstić information content (AvgIpc) is 3.59. The number of hydrogen-bond acceptors (Lipinski definition) is 8. The van der Waals surface area contributed by atoms with Crippen molar-refractivity contribution in [2.75, 3.05) is 0 Å². The van der Waals surface area contributed by atoms with Gasteiger partial charge in [0, 0.05) is 5.02 Å². The molecule has 0 aliphatic rings. The van der Waals surface area contributed by atoms with Crippen LogP contribution in [0.25, 0.3) is 38.6 Å². The van der Waals surface area contributed by atoms with Crippen LogP contribution in [0.2, 0.25) is 5.02 Å². The van der Waals surface area contributed by atoms with Gasteiger partial charge in [0.2, 0.25) is 10.8 Å². The lowest BCUT2D eigenvalue weighted by molar-refractivity contribution is 0.784. The maximum Gasteiger partial charge on any atom is 0.235 e. The van der Waals surface area contributed by atoms with Crippen LogP contribution in [0.15, 0.2) is 48.5 Å². The van der Waals surface area contributed by atoms with E-state index in [2.05, 4.69) is 30.8 Å². The number of nitrogens with zero attached hydrogens (tertiary/aromatic N) is 10. The zero-order valence-corrected chi connectivity index (χ0v) is 19.9. The van der Waals surface area contributed by atoms with Gasteiger partial charge in [-0.3, -0.25) is 0 Å². The second kappa shape index (κ2) is 7.82. The molecule has 12 heteroatoms. The van der Waals surface area contributed by atoms with Gasteiger partial charge in [-0.05, 0) is 57.2 Å². The summed E-state index contributed by atoms with van der Waals surface area (Å²) >= 11 is 7.40. The Bertz CT molecular complexity index is 1640. The Balaban J connectivity index is 1.39. The quantitative estimate of drug-likeness (QED) is 0.365. The molecule has 0 saturated carbocycles. The fraction of sp³-hybridized carbons (Fsp3) is 0.136. The van der Waals surface area contributed by atoms with Crippen molar-refractivity contribution in [2.24, 2.45) is 0 Å². The van der Waals surface area contributed by atoms with Crippen LogP contribution in [0.3, 0.4) is 0 Å². The molecule has 0 N–H and O–H groups in total. The maximum absolute atomic E-state index is 6.01. The third-order valence-electron chi connectivity index (χ3n) is 5.54. The molecule has 0 unspecified atom stereocenters. The molecule has 34 heavy (non-hydrogen) atoms. The Kier molecular flexibility index (Phi) is 4.74. The number of fused-ring (bicyclic) bond motifs is 1. The molecule has 0 bridgehead atoms. The van der Waals surface area contributed by atoms with Gasteiger partial charge in [-0.2, -0.15) is 9.61 Å². The molecule has 0 fully saturated rings. The lowest BCUT2D eigenvalue weighted by atomic mass is 10.2. The van der Waals surface area contributed by atoms with E-state index in [1.165, 1.54) is 16.9 Å². The number of rotatable bonds is 4. The first kappa shape index (κ1) is 20.6. The molecule has 168 valence electrons. The summed E-state index contributed by atoms with van der Waals surface area (Å²) in [5, 5.41) is 32.1. The van der Waals surface area contributed by atoms with E-state index in [1.807, 2.05) is 69.3 Å². The molecule has 4 aromatic heterocycles. The molecule has 4 heterocycles. The van der Waals surface area contributed by atoms with Gasteiger partial charge < -0.3 is 0 Å². The number of hydrogen-bond donors (Lipinski definition) is 0. The summed E-state index contributed by atoms with van der Waals surface area (Å²) in [6.07, 6.45) is 0. The van der Waals surface area contributed by atoms with Crippen LogP contribution in [0.5, 0.6) is 0 Å². The smallest absolute Gasteiger partial charge is 0.217 e. The largest absolute Gasteiger partial charge is 0.235 e. The minimum atomic E-state index is 0.524. The van der Waals surface area contributed by atoms with Gasteiger partial charge in [0.25, 0.3) is 0 Å². The van der Waals surface area contributed by atoms with E-state index < -0.39 is 0 Å². The van der Waals surface area contributed by atoms with Crippen molar-refractivity contribution < 1.29 is 0 Å². The van der Waals surface area contributed by atoms with Crippen molar-refractivity contribution in [1.29, 1.82) is 0 Å². The van der Waals surface area contributed by atoms with Crippen molar-refractivity contribution in [1.82, 2.24) is 49.8 Å². The Morgan fingerprint density at radius 2 is 1.29 bits per heavy atom. The van der Waals surface area contributed by atoms with Crippen LogP contribution in [0.1, 0.15) is 17.0 Å². The van der Waals surface area contributed by atoms with E-state index in [-0.39, 0.29) is 0 Å². The average molecular weight is 489 g/mol. The monoisotopic (exact) mass is 488 g/mol. The Morgan fingerprint density at radius 1 is 0.706 bits per heavy atom. The lowest BCUT2D eigenvalue weighted by Gasteiger charge is -2.03. The first-order valence-corrected chi connectivity index (χ1v) is 11.6. The summed E-state index contributed by atoms with van der Waals surface area (Å²) in [5.41, 5.74) is 5.97. The van der Waals surface area contributed by atoms with Crippen LogP contribution in [0, 0.1) is 20.8 Å². The van der Waals surface area contributed by atoms with Crippen molar-refractivity contribution in [3.8, 4) is 33.6 Å². The summed E-state index contributed by atoms with van der Waals surface area (Å²) in [4.78, 5) is 0.634. The molecule has 2 aromatic carbocycles. The SMILES string of the molecule is Cc1ccc(-n2nnc(-c3nnc4sc(-c5nnn(-c6ccc(Cl)cc6)c5C)nn34)c2C)cc1. The molecule has 0 atom stereocenters. The van der Waals surface area contributed by atoms with E-state index in [0.29, 0.717) is 32.2 Å². The number of aryl methyl sites for hydroxylation is 1. The van der Waals surface area contributed by atoms with Gasteiger partial charge in [-0.15, -0.1) is 20.4 Å². The summed E-state index contributed by atoms with van der Waals surface area (Å²) < 4.78 is 5.22. The molecule has 6 aromatic rings. The Hall–Kier alpha value is -3.96. The highest BCUT2D eigenvalue weighted by atomic mass is 35.5. The third kappa shape index (κ3) is 3.28. The van der Waals surface area contributed by atoms with E-state index in [9.17, 15) is 0 Å². The molecule has 0 spiro atoms. The fourth-order valence-corrected chi connectivity index (χ4v) is 4.68. The second-order valence-electron chi connectivity index (χ2n) is 7.81. The molecular formula is C22H17ClN10S.